The van der Waals surface area contributed by atoms with Crippen molar-refractivity contribution in [1.29, 1.82) is 0 Å². The SMILES string of the molecule is NCC12CC(C(=O)N3CC[C@@H]4CC[C@@]43c3cccnc3)(C1)C2. The van der Waals surface area contributed by atoms with E-state index in [1.165, 1.54) is 12.0 Å². The lowest BCUT2D eigenvalue weighted by Gasteiger charge is -2.70. The van der Waals surface area contributed by atoms with Gasteiger partial charge < -0.3 is 10.6 Å². The van der Waals surface area contributed by atoms with Crippen LogP contribution in [-0.2, 0) is 10.3 Å². The first-order valence-electron chi connectivity index (χ1n) is 8.57. The summed E-state index contributed by atoms with van der Waals surface area (Å²) in [6.07, 6.45) is 10.4. The molecule has 0 spiro atoms. The fourth-order valence-electron chi connectivity index (χ4n) is 6.01. The van der Waals surface area contributed by atoms with Crippen LogP contribution in [0.4, 0.5) is 0 Å². The number of rotatable bonds is 3. The van der Waals surface area contributed by atoms with Gasteiger partial charge in [0.25, 0.3) is 0 Å². The second-order valence-corrected chi connectivity index (χ2v) is 8.16. The van der Waals surface area contributed by atoms with E-state index in [0.29, 0.717) is 17.2 Å². The first kappa shape index (κ1) is 13.1. The molecule has 1 saturated heterocycles. The van der Waals surface area contributed by atoms with Gasteiger partial charge in [-0.05, 0) is 68.0 Å². The number of nitrogens with two attached hydrogens (primary N) is 1. The van der Waals surface area contributed by atoms with Crippen LogP contribution < -0.4 is 5.73 Å². The molecule has 1 aliphatic heterocycles. The number of hydrogen-bond acceptors (Lipinski definition) is 3. The molecule has 0 radical (unpaired) electrons. The molecule has 1 aromatic rings. The molecular formula is C18H23N3O. The number of carbonyl (C=O) groups excluding carboxylic acids is 1. The highest BCUT2D eigenvalue weighted by Crippen LogP contribution is 2.74. The summed E-state index contributed by atoms with van der Waals surface area (Å²) in [5, 5.41) is 0. The Labute approximate surface area is 131 Å². The molecule has 5 fully saturated rings. The first-order valence-corrected chi connectivity index (χ1v) is 8.57. The monoisotopic (exact) mass is 297 g/mol. The predicted octanol–water partition coefficient (Wildman–Crippen LogP) is 2.05. The summed E-state index contributed by atoms with van der Waals surface area (Å²) in [6, 6.07) is 4.17. The van der Waals surface area contributed by atoms with Crippen molar-refractivity contribution in [3.05, 3.63) is 30.1 Å². The highest BCUT2D eigenvalue weighted by atomic mass is 16.2. The zero-order valence-corrected chi connectivity index (χ0v) is 12.9. The molecule has 2 atom stereocenters. The van der Waals surface area contributed by atoms with Crippen LogP contribution in [0.2, 0.25) is 0 Å². The van der Waals surface area contributed by atoms with E-state index >= 15 is 0 Å². The molecule has 4 heteroatoms. The van der Waals surface area contributed by atoms with E-state index in [4.69, 9.17) is 5.73 Å². The van der Waals surface area contributed by atoms with Gasteiger partial charge in [-0.3, -0.25) is 9.78 Å². The summed E-state index contributed by atoms with van der Waals surface area (Å²) in [5.41, 5.74) is 7.32. The normalized spacial score (nSPS) is 44.6. The Bertz CT molecular complexity index is 623. The third-order valence-electron chi connectivity index (χ3n) is 7.17. The number of pyridine rings is 1. The van der Waals surface area contributed by atoms with Crippen LogP contribution in [0.3, 0.4) is 0 Å². The molecule has 2 N–H and O–H groups in total. The summed E-state index contributed by atoms with van der Waals surface area (Å²) in [5.74, 6) is 1.05. The minimum absolute atomic E-state index is 0.0450. The van der Waals surface area contributed by atoms with Crippen LogP contribution in [0, 0.1) is 16.7 Å². The average molecular weight is 297 g/mol. The molecule has 0 unspecified atom stereocenters. The fraction of sp³-hybridized carbons (Fsp3) is 0.667. The van der Waals surface area contributed by atoms with Gasteiger partial charge >= 0.3 is 0 Å². The zero-order chi connectivity index (χ0) is 15.0. The third kappa shape index (κ3) is 1.30. The number of nitrogens with zero attached hydrogens (tertiary/aromatic N) is 2. The standard InChI is InChI=1S/C18H23N3O/c19-12-16-9-17(10-16,11-16)15(22)21-7-4-13-3-5-18(13,21)14-2-1-6-20-8-14/h1-2,6,8,13H,3-5,7,9-12,19H2/t13-,16?,17?,18-/m0/s1. The van der Waals surface area contributed by atoms with Gasteiger partial charge in [-0.1, -0.05) is 6.07 Å². The van der Waals surface area contributed by atoms with Crippen LogP contribution >= 0.6 is 0 Å². The van der Waals surface area contributed by atoms with E-state index < -0.39 is 0 Å². The number of likely N-dealkylation sites (tertiary alicyclic amines) is 1. The molecule has 2 heterocycles. The van der Waals surface area contributed by atoms with Crippen molar-refractivity contribution in [2.75, 3.05) is 13.1 Å². The van der Waals surface area contributed by atoms with Gasteiger partial charge in [0, 0.05) is 18.9 Å². The Balaban J connectivity index is 1.47. The summed E-state index contributed by atoms with van der Waals surface area (Å²) in [4.78, 5) is 19.8. The quantitative estimate of drug-likeness (QED) is 0.929. The molecule has 2 bridgehead atoms. The molecule has 22 heavy (non-hydrogen) atoms. The van der Waals surface area contributed by atoms with Crippen LogP contribution in [0.15, 0.2) is 24.5 Å². The maximum absolute atomic E-state index is 13.3. The van der Waals surface area contributed by atoms with Crippen molar-refractivity contribution in [1.82, 2.24) is 9.88 Å². The maximum Gasteiger partial charge on any atom is 0.229 e. The smallest absolute Gasteiger partial charge is 0.229 e. The second kappa shape index (κ2) is 3.91. The van der Waals surface area contributed by atoms with E-state index in [0.717, 1.165) is 45.2 Å². The van der Waals surface area contributed by atoms with Crippen LogP contribution in [0.1, 0.15) is 44.1 Å². The van der Waals surface area contributed by atoms with Gasteiger partial charge in [0.1, 0.15) is 0 Å². The van der Waals surface area contributed by atoms with Gasteiger partial charge in [0.2, 0.25) is 5.91 Å². The molecule has 4 nitrogen and oxygen atoms in total. The molecule has 6 rings (SSSR count). The number of amides is 1. The summed E-state index contributed by atoms with van der Waals surface area (Å²) in [7, 11) is 0. The van der Waals surface area contributed by atoms with E-state index in [1.54, 1.807) is 0 Å². The van der Waals surface area contributed by atoms with Crippen LogP contribution in [0.5, 0.6) is 0 Å². The summed E-state index contributed by atoms with van der Waals surface area (Å²) < 4.78 is 0. The van der Waals surface area contributed by atoms with Crippen LogP contribution in [-0.4, -0.2) is 28.9 Å². The molecule has 1 aromatic heterocycles. The Hall–Kier alpha value is -1.42. The molecule has 4 saturated carbocycles. The van der Waals surface area contributed by atoms with Crippen molar-refractivity contribution in [2.24, 2.45) is 22.5 Å². The molecule has 116 valence electrons. The van der Waals surface area contributed by atoms with E-state index in [-0.39, 0.29) is 11.0 Å². The van der Waals surface area contributed by atoms with Crippen molar-refractivity contribution in [3.63, 3.8) is 0 Å². The first-order chi connectivity index (χ1) is 10.6. The minimum Gasteiger partial charge on any atom is -0.332 e. The third-order valence-corrected chi connectivity index (χ3v) is 7.17. The highest BCUT2D eigenvalue weighted by molar-refractivity contribution is 5.88. The lowest BCUT2D eigenvalue weighted by Crippen LogP contribution is -2.72. The molecule has 0 aromatic carbocycles. The van der Waals surface area contributed by atoms with E-state index in [9.17, 15) is 4.79 Å². The number of aromatic nitrogens is 1. The molecule has 5 aliphatic rings. The molecule has 4 aliphatic carbocycles. The average Bonchev–Trinajstić information content (AvgIpc) is 2.69. The predicted molar refractivity (Wildman–Crippen MR) is 82.7 cm³/mol. The number of fused-ring (bicyclic) bond motifs is 1. The van der Waals surface area contributed by atoms with Crippen molar-refractivity contribution in [2.45, 2.75) is 44.1 Å². The maximum atomic E-state index is 13.3. The van der Waals surface area contributed by atoms with Gasteiger partial charge in [-0.15, -0.1) is 0 Å². The molecular weight excluding hydrogens is 274 g/mol. The Morgan fingerprint density at radius 2 is 2.18 bits per heavy atom. The van der Waals surface area contributed by atoms with Crippen molar-refractivity contribution < 1.29 is 4.79 Å². The fourth-order valence-corrected chi connectivity index (χ4v) is 6.01. The van der Waals surface area contributed by atoms with Gasteiger partial charge in [-0.25, -0.2) is 0 Å². The molecule has 1 amide bonds. The van der Waals surface area contributed by atoms with E-state index in [2.05, 4.69) is 16.0 Å². The Morgan fingerprint density at radius 1 is 1.36 bits per heavy atom. The highest BCUT2D eigenvalue weighted by Gasteiger charge is 2.73. The largest absolute Gasteiger partial charge is 0.332 e. The lowest BCUT2D eigenvalue weighted by atomic mass is 9.34. The summed E-state index contributed by atoms with van der Waals surface area (Å²) in [6.45, 7) is 1.67. The lowest BCUT2D eigenvalue weighted by molar-refractivity contribution is -0.218. The Morgan fingerprint density at radius 3 is 2.77 bits per heavy atom. The number of hydrogen-bond donors (Lipinski definition) is 1. The van der Waals surface area contributed by atoms with Gasteiger partial charge in [0.15, 0.2) is 0 Å². The Kier molecular flexibility index (Phi) is 2.32. The van der Waals surface area contributed by atoms with Crippen molar-refractivity contribution >= 4 is 5.91 Å². The van der Waals surface area contributed by atoms with E-state index in [1.807, 2.05) is 18.5 Å². The minimum atomic E-state index is -0.0565. The van der Waals surface area contributed by atoms with Gasteiger partial charge in [-0.2, -0.15) is 0 Å². The van der Waals surface area contributed by atoms with Crippen molar-refractivity contribution in [3.8, 4) is 0 Å². The summed E-state index contributed by atoms with van der Waals surface area (Å²) >= 11 is 0. The zero-order valence-electron chi connectivity index (χ0n) is 12.9. The second-order valence-electron chi connectivity index (χ2n) is 8.16. The topological polar surface area (TPSA) is 59.2 Å². The van der Waals surface area contributed by atoms with Crippen LogP contribution in [0.25, 0.3) is 0 Å². The van der Waals surface area contributed by atoms with Gasteiger partial charge in [0.05, 0.1) is 11.0 Å². The number of carbonyl (C=O) groups is 1.